The number of amidine groups is 1. The highest BCUT2D eigenvalue weighted by atomic mass is 16.5. The predicted octanol–water partition coefficient (Wildman–Crippen LogP) is 4.08. The van der Waals surface area contributed by atoms with E-state index in [0.29, 0.717) is 34.9 Å². The van der Waals surface area contributed by atoms with E-state index in [1.807, 2.05) is 13.0 Å². The van der Waals surface area contributed by atoms with Gasteiger partial charge >= 0.3 is 5.97 Å². The number of carbonyl (C=O) groups excluding carboxylic acids is 1. The van der Waals surface area contributed by atoms with Gasteiger partial charge in [-0.3, -0.25) is 19.6 Å². The Labute approximate surface area is 286 Å². The number of nitrogens with one attached hydrogen (secondary N) is 1. The number of nitrogens with zero attached hydrogens (tertiary/aromatic N) is 5. The number of phenolic OH excluding ortho intramolecular Hbond substituents is 1. The minimum atomic E-state index is 0.0338. The highest BCUT2D eigenvalue weighted by Crippen LogP contribution is 2.55. The summed E-state index contributed by atoms with van der Waals surface area (Å²) in [5, 5.41) is 18.8. The van der Waals surface area contributed by atoms with E-state index in [2.05, 4.69) is 24.6 Å². The minimum Gasteiger partial charge on any atom is -0.507 e. The van der Waals surface area contributed by atoms with E-state index in [4.69, 9.17) is 15.9 Å². The van der Waals surface area contributed by atoms with Crippen LogP contribution in [0.15, 0.2) is 41.0 Å². The molecule has 0 unspecified atom stereocenters. The fourth-order valence-electron chi connectivity index (χ4n) is 10.2. The normalized spacial score (nSPS) is 30.9. The van der Waals surface area contributed by atoms with Crippen molar-refractivity contribution < 1.29 is 14.6 Å². The number of benzene rings is 1. The summed E-state index contributed by atoms with van der Waals surface area (Å²) in [5.41, 5.74) is 8.86. The first kappa shape index (κ1) is 33.5. The molecule has 262 valence electrons. The number of hydrogen-bond donors (Lipinski definition) is 3. The van der Waals surface area contributed by atoms with Crippen molar-refractivity contribution in [3.63, 3.8) is 0 Å². The zero-order chi connectivity index (χ0) is 33.5. The van der Waals surface area contributed by atoms with E-state index in [0.717, 1.165) is 56.8 Å². The van der Waals surface area contributed by atoms with Gasteiger partial charge in [-0.25, -0.2) is 0 Å². The van der Waals surface area contributed by atoms with Crippen molar-refractivity contribution in [3.8, 4) is 5.75 Å². The number of allylic oxidation sites excluding steroid dienone is 1. The number of likely N-dealkylation sites (tertiary alicyclic amines) is 2. The molecular formula is C38H57N7O3. The number of phenols is 1. The van der Waals surface area contributed by atoms with Gasteiger partial charge in [-0.1, -0.05) is 12.1 Å². The highest BCUT2D eigenvalue weighted by molar-refractivity contribution is 6.12. The first-order valence-electron chi connectivity index (χ1n) is 18.7. The molecular weight excluding hydrogens is 602 g/mol. The number of hydrogen-bond acceptors (Lipinski definition) is 9. The maximum absolute atomic E-state index is 12.2. The third-order valence-corrected chi connectivity index (χ3v) is 13.1. The van der Waals surface area contributed by atoms with Crippen LogP contribution in [0.1, 0.15) is 76.7 Å². The Morgan fingerprint density at radius 3 is 2.12 bits per heavy atom. The number of ether oxygens (including phenoxy) is 1. The van der Waals surface area contributed by atoms with Gasteiger partial charge in [-0.15, -0.1) is 0 Å². The maximum Gasteiger partial charge on any atom is 0.308 e. The second kappa shape index (κ2) is 13.8. The molecule has 3 heterocycles. The molecule has 6 fully saturated rings. The number of rotatable bonds is 9. The van der Waals surface area contributed by atoms with E-state index < -0.39 is 0 Å². The van der Waals surface area contributed by atoms with Crippen LogP contribution < -0.4 is 5.73 Å². The van der Waals surface area contributed by atoms with Crippen molar-refractivity contribution in [1.82, 2.24) is 19.6 Å². The third kappa shape index (κ3) is 6.64. The monoisotopic (exact) mass is 659 g/mol. The standard InChI is InChI=1S/C38H57N7O3/c1-3-48-36(47)27-8-12-37(13-9-27)21-29(22-37)42-14-10-28(11-15-42)45-25-38(26-45)23-30(24-38)43-16-18-44(19-17-43)33(35(40)41-2)20-32(39)31-6-4-5-7-34(31)46/h4-7,20,27-30,39,46H,3,8-19,21-26H2,1-2H3,(H2,40,41)/b33-20+,39-32?. The molecule has 0 atom stereocenters. The Bertz CT molecular complexity index is 1380. The molecule has 7 rings (SSSR count). The SMILES string of the molecule is CCOC(=O)C1CCC2(CC1)CC(N1CCC(N3CC4(CC(N5CCN(/C(=C/C(=N)c6ccccc6O)C(N)=NC)CC5)C4)C3)CC1)C2. The number of para-hydroxylation sites is 1. The van der Waals surface area contributed by atoms with Gasteiger partial charge in [0.25, 0.3) is 0 Å². The van der Waals surface area contributed by atoms with Crippen molar-refractivity contribution in [1.29, 1.82) is 5.41 Å². The van der Waals surface area contributed by atoms with Gasteiger partial charge in [-0.05, 0) is 113 Å². The van der Waals surface area contributed by atoms with Gasteiger partial charge < -0.3 is 30.8 Å². The molecule has 48 heavy (non-hydrogen) atoms. The molecule has 0 amide bonds. The summed E-state index contributed by atoms with van der Waals surface area (Å²) in [6, 6.07) is 9.16. The van der Waals surface area contributed by atoms with Gasteiger partial charge in [-0.2, -0.15) is 0 Å². The molecule has 3 saturated heterocycles. The number of nitrogens with two attached hydrogens (primary N) is 1. The third-order valence-electron chi connectivity index (χ3n) is 13.1. The summed E-state index contributed by atoms with van der Waals surface area (Å²) >= 11 is 0. The van der Waals surface area contributed by atoms with E-state index in [9.17, 15) is 9.90 Å². The summed E-state index contributed by atoms with van der Waals surface area (Å²) in [4.78, 5) is 26.9. The average molecular weight is 660 g/mol. The van der Waals surface area contributed by atoms with E-state index in [1.54, 1.807) is 31.3 Å². The summed E-state index contributed by atoms with van der Waals surface area (Å²) in [6.45, 7) is 11.2. The largest absolute Gasteiger partial charge is 0.507 e. The maximum atomic E-state index is 12.2. The molecule has 1 aromatic rings. The lowest BCUT2D eigenvalue weighted by Gasteiger charge is -2.64. The fraction of sp³-hybridized carbons (Fsp3) is 0.711. The zero-order valence-corrected chi connectivity index (χ0v) is 29.2. The number of piperidine rings is 1. The Balaban J connectivity index is 0.811. The molecule has 2 spiro atoms. The molecule has 3 saturated carbocycles. The van der Waals surface area contributed by atoms with Crippen LogP contribution in [0.4, 0.5) is 0 Å². The second-order valence-corrected chi connectivity index (χ2v) is 15.9. The average Bonchev–Trinajstić information content (AvgIpc) is 3.05. The number of esters is 1. The summed E-state index contributed by atoms with van der Waals surface area (Å²) in [6.07, 6.45) is 14.2. The minimum absolute atomic E-state index is 0.0338. The van der Waals surface area contributed by atoms with Gasteiger partial charge in [0.2, 0.25) is 0 Å². The summed E-state index contributed by atoms with van der Waals surface area (Å²) in [5.74, 6) is 0.704. The predicted molar refractivity (Wildman–Crippen MR) is 189 cm³/mol. The van der Waals surface area contributed by atoms with Gasteiger partial charge in [0.15, 0.2) is 0 Å². The molecule has 10 heteroatoms. The zero-order valence-electron chi connectivity index (χ0n) is 29.2. The topological polar surface area (TPSA) is 122 Å². The van der Waals surface area contributed by atoms with Crippen molar-refractivity contribution in [2.24, 2.45) is 27.5 Å². The highest BCUT2D eigenvalue weighted by Gasteiger charge is 2.55. The van der Waals surface area contributed by atoms with Gasteiger partial charge in [0.05, 0.1) is 23.9 Å². The van der Waals surface area contributed by atoms with Crippen molar-refractivity contribution >= 4 is 17.5 Å². The van der Waals surface area contributed by atoms with Gasteiger partial charge in [0.1, 0.15) is 11.6 Å². The van der Waals surface area contributed by atoms with Crippen molar-refractivity contribution in [2.75, 3.05) is 66.0 Å². The summed E-state index contributed by atoms with van der Waals surface area (Å²) in [7, 11) is 1.69. The Kier molecular flexibility index (Phi) is 9.61. The number of aliphatic imine (C=N–C) groups is 1. The van der Waals surface area contributed by atoms with E-state index in [1.165, 1.54) is 77.5 Å². The second-order valence-electron chi connectivity index (χ2n) is 15.9. The lowest BCUT2D eigenvalue weighted by molar-refractivity contribution is -0.152. The first-order chi connectivity index (χ1) is 23.2. The Morgan fingerprint density at radius 2 is 1.52 bits per heavy atom. The Hall–Kier alpha value is -2.95. The van der Waals surface area contributed by atoms with E-state index in [-0.39, 0.29) is 23.3 Å². The lowest BCUT2D eigenvalue weighted by atomic mass is 9.56. The summed E-state index contributed by atoms with van der Waals surface area (Å²) < 4.78 is 5.29. The molecule has 3 aliphatic carbocycles. The molecule has 1 aromatic carbocycles. The van der Waals surface area contributed by atoms with Crippen LogP contribution in [-0.4, -0.2) is 126 Å². The van der Waals surface area contributed by atoms with Crippen LogP contribution in [0.5, 0.6) is 5.75 Å². The first-order valence-corrected chi connectivity index (χ1v) is 18.7. The van der Waals surface area contributed by atoms with E-state index >= 15 is 0 Å². The smallest absolute Gasteiger partial charge is 0.308 e. The molecule has 6 aliphatic rings. The number of piperazine rings is 1. The molecule has 0 bridgehead atoms. The van der Waals surface area contributed by atoms with Crippen molar-refractivity contribution in [3.05, 3.63) is 41.6 Å². The van der Waals surface area contributed by atoms with Crippen molar-refractivity contribution in [2.45, 2.75) is 89.3 Å². The molecule has 3 aliphatic heterocycles. The van der Waals surface area contributed by atoms with Crippen LogP contribution in [-0.2, 0) is 9.53 Å². The number of carbonyl (C=O) groups is 1. The molecule has 0 aromatic heterocycles. The lowest BCUT2D eigenvalue weighted by Crippen LogP contribution is -2.70. The molecule has 0 radical (unpaired) electrons. The van der Waals surface area contributed by atoms with Crippen LogP contribution in [0.3, 0.4) is 0 Å². The van der Waals surface area contributed by atoms with Crippen LogP contribution in [0.25, 0.3) is 0 Å². The van der Waals surface area contributed by atoms with Gasteiger partial charge in [0, 0.05) is 70.0 Å². The van der Waals surface area contributed by atoms with Crippen LogP contribution in [0, 0.1) is 22.2 Å². The van der Waals surface area contributed by atoms with Crippen LogP contribution >= 0.6 is 0 Å². The van der Waals surface area contributed by atoms with Crippen LogP contribution in [0.2, 0.25) is 0 Å². The fourth-order valence-corrected chi connectivity index (χ4v) is 10.2. The quantitative estimate of drug-likeness (QED) is 0.206. The molecule has 4 N–H and O–H groups in total. The molecule has 10 nitrogen and oxygen atoms in total. The number of aromatic hydroxyl groups is 1. The Morgan fingerprint density at radius 1 is 0.917 bits per heavy atom.